The van der Waals surface area contributed by atoms with Crippen LogP contribution >= 0.6 is 24.8 Å². The van der Waals surface area contributed by atoms with E-state index in [1.54, 1.807) is 0 Å². The van der Waals surface area contributed by atoms with Crippen LogP contribution < -0.4 is 5.32 Å². The van der Waals surface area contributed by atoms with Crippen molar-refractivity contribution in [1.29, 1.82) is 0 Å². The van der Waals surface area contributed by atoms with Crippen molar-refractivity contribution in [3.63, 3.8) is 0 Å². The van der Waals surface area contributed by atoms with Crippen molar-refractivity contribution >= 4 is 24.8 Å². The van der Waals surface area contributed by atoms with Gasteiger partial charge in [0.1, 0.15) is 11.8 Å². The molecule has 0 unspecified atom stereocenters. The van der Waals surface area contributed by atoms with Gasteiger partial charge in [-0.15, -0.1) is 24.8 Å². The Balaban J connectivity index is 0.00000220. The standard InChI is InChI=1S/C12H13F5N2O.2ClH/c13-6-5-7(20)8(10(15)9(6)14)11(12(16)17)19-3-1-18-2-4-19;;/h5,11-12,18,20H,1-4H2;2*1H/t11-;;/m0../s1. The van der Waals surface area contributed by atoms with Crippen molar-refractivity contribution in [2.45, 2.75) is 12.5 Å². The molecule has 0 radical (unpaired) electrons. The molecule has 1 aromatic rings. The van der Waals surface area contributed by atoms with Gasteiger partial charge in [-0.1, -0.05) is 0 Å². The molecule has 1 saturated heterocycles. The Labute approximate surface area is 136 Å². The topological polar surface area (TPSA) is 35.5 Å². The van der Waals surface area contributed by atoms with Crippen molar-refractivity contribution < 1.29 is 27.1 Å². The first-order valence-electron chi connectivity index (χ1n) is 6.02. The lowest BCUT2D eigenvalue weighted by molar-refractivity contribution is 0.0147. The fourth-order valence-corrected chi connectivity index (χ4v) is 2.31. The number of nitrogens with one attached hydrogen (secondary N) is 1. The number of hydrogen-bond donors (Lipinski definition) is 2. The van der Waals surface area contributed by atoms with Crippen LogP contribution in [0, 0.1) is 17.5 Å². The molecule has 1 aromatic carbocycles. The van der Waals surface area contributed by atoms with Crippen LogP contribution in [0.15, 0.2) is 6.07 Å². The molecule has 0 saturated carbocycles. The molecule has 1 heterocycles. The fourth-order valence-electron chi connectivity index (χ4n) is 2.31. The van der Waals surface area contributed by atoms with E-state index in [1.165, 1.54) is 4.90 Å². The summed E-state index contributed by atoms with van der Waals surface area (Å²) in [6, 6.07) is -1.50. The number of alkyl halides is 2. The van der Waals surface area contributed by atoms with Gasteiger partial charge in [0.25, 0.3) is 6.43 Å². The second-order valence-electron chi connectivity index (χ2n) is 4.48. The van der Waals surface area contributed by atoms with Crippen LogP contribution in [0.4, 0.5) is 22.0 Å². The molecule has 3 nitrogen and oxygen atoms in total. The molecule has 2 rings (SSSR count). The second-order valence-corrected chi connectivity index (χ2v) is 4.48. The highest BCUT2D eigenvalue weighted by molar-refractivity contribution is 5.85. The highest BCUT2D eigenvalue weighted by atomic mass is 35.5. The van der Waals surface area contributed by atoms with Gasteiger partial charge in [0.05, 0.1) is 5.56 Å². The second kappa shape index (κ2) is 8.71. The van der Waals surface area contributed by atoms with Crippen molar-refractivity contribution in [2.24, 2.45) is 0 Å². The van der Waals surface area contributed by atoms with E-state index < -0.39 is 41.2 Å². The molecule has 0 bridgehead atoms. The van der Waals surface area contributed by atoms with Gasteiger partial charge in [-0.3, -0.25) is 4.90 Å². The van der Waals surface area contributed by atoms with Crippen LogP contribution in [0.25, 0.3) is 0 Å². The normalized spacial score (nSPS) is 16.8. The largest absolute Gasteiger partial charge is 0.507 e. The zero-order chi connectivity index (χ0) is 14.9. The smallest absolute Gasteiger partial charge is 0.258 e. The summed E-state index contributed by atoms with van der Waals surface area (Å²) in [6.07, 6.45) is -3.04. The number of benzene rings is 1. The molecule has 1 atom stereocenters. The molecule has 0 aromatic heterocycles. The van der Waals surface area contributed by atoms with E-state index in [0.29, 0.717) is 19.2 Å². The SMILES string of the molecule is Cl.Cl.Oc1cc(F)c(F)c(F)c1[C@@H](C(F)F)N1CCNCC1. The van der Waals surface area contributed by atoms with Crippen LogP contribution in [0.2, 0.25) is 0 Å². The molecular weight excluding hydrogens is 354 g/mol. The van der Waals surface area contributed by atoms with Gasteiger partial charge < -0.3 is 10.4 Å². The predicted molar refractivity (Wildman–Crippen MR) is 75.7 cm³/mol. The number of rotatable bonds is 3. The quantitative estimate of drug-likeness (QED) is 0.636. The summed E-state index contributed by atoms with van der Waals surface area (Å²) in [4.78, 5) is 1.23. The van der Waals surface area contributed by atoms with E-state index in [1.807, 2.05) is 0 Å². The van der Waals surface area contributed by atoms with E-state index in [2.05, 4.69) is 5.32 Å². The van der Waals surface area contributed by atoms with Crippen molar-refractivity contribution in [3.8, 4) is 5.75 Å². The first-order valence-corrected chi connectivity index (χ1v) is 6.02. The lowest BCUT2D eigenvalue weighted by Crippen LogP contribution is -2.47. The maximum Gasteiger partial charge on any atom is 0.258 e. The van der Waals surface area contributed by atoms with E-state index in [4.69, 9.17) is 0 Å². The summed E-state index contributed by atoms with van der Waals surface area (Å²) in [7, 11) is 0. The molecule has 1 aliphatic rings. The van der Waals surface area contributed by atoms with Crippen molar-refractivity contribution in [2.75, 3.05) is 26.2 Å². The van der Waals surface area contributed by atoms with Gasteiger partial charge in [0.2, 0.25) is 0 Å². The maximum absolute atomic E-state index is 13.7. The third-order valence-corrected chi connectivity index (χ3v) is 3.26. The minimum absolute atomic E-state index is 0. The highest BCUT2D eigenvalue weighted by Gasteiger charge is 2.36. The molecule has 0 spiro atoms. The Hall–Kier alpha value is -0.830. The molecule has 1 fully saturated rings. The average molecular weight is 369 g/mol. The van der Waals surface area contributed by atoms with Gasteiger partial charge in [0.15, 0.2) is 17.5 Å². The number of phenolic OH excluding ortho intramolecular Hbond substituents is 1. The van der Waals surface area contributed by atoms with Crippen LogP contribution in [0.1, 0.15) is 11.6 Å². The Morgan fingerprint density at radius 3 is 2.09 bits per heavy atom. The lowest BCUT2D eigenvalue weighted by atomic mass is 10.0. The van der Waals surface area contributed by atoms with E-state index >= 15 is 0 Å². The lowest BCUT2D eigenvalue weighted by Gasteiger charge is -2.35. The maximum atomic E-state index is 13.7. The third kappa shape index (κ3) is 4.13. The van der Waals surface area contributed by atoms with E-state index in [-0.39, 0.29) is 37.9 Å². The minimum atomic E-state index is -3.04. The summed E-state index contributed by atoms with van der Waals surface area (Å²) in [5.41, 5.74) is -0.902. The molecule has 22 heavy (non-hydrogen) atoms. The average Bonchev–Trinajstić information content (AvgIpc) is 2.41. The van der Waals surface area contributed by atoms with Crippen LogP contribution in [0.5, 0.6) is 5.75 Å². The molecule has 0 amide bonds. The van der Waals surface area contributed by atoms with Gasteiger partial charge >= 0.3 is 0 Å². The zero-order valence-electron chi connectivity index (χ0n) is 11.2. The van der Waals surface area contributed by atoms with Crippen LogP contribution in [-0.2, 0) is 0 Å². The zero-order valence-corrected chi connectivity index (χ0v) is 12.8. The summed E-state index contributed by atoms with van der Waals surface area (Å²) in [5.74, 6) is -6.26. The Kier molecular flexibility index (Phi) is 8.38. The summed E-state index contributed by atoms with van der Waals surface area (Å²) in [5, 5.41) is 12.5. The van der Waals surface area contributed by atoms with Gasteiger partial charge in [-0.05, 0) is 0 Å². The molecular formula is C12H15Cl2F5N2O. The van der Waals surface area contributed by atoms with E-state index in [9.17, 15) is 27.1 Å². The molecule has 2 N–H and O–H groups in total. The molecule has 1 aliphatic heterocycles. The number of aromatic hydroxyl groups is 1. The first-order chi connectivity index (χ1) is 9.43. The number of nitrogens with zero attached hydrogens (tertiary/aromatic N) is 1. The van der Waals surface area contributed by atoms with E-state index in [0.717, 1.165) is 0 Å². The van der Waals surface area contributed by atoms with Gasteiger partial charge in [-0.25, -0.2) is 22.0 Å². The summed E-state index contributed by atoms with van der Waals surface area (Å²) < 4.78 is 66.3. The Morgan fingerprint density at radius 2 is 1.59 bits per heavy atom. The monoisotopic (exact) mass is 368 g/mol. The Bertz CT molecular complexity index is 501. The first kappa shape index (κ1) is 21.2. The number of piperazine rings is 1. The highest BCUT2D eigenvalue weighted by Crippen LogP contribution is 2.37. The number of hydrogen-bond acceptors (Lipinski definition) is 3. The molecule has 0 aliphatic carbocycles. The molecule has 10 heteroatoms. The summed E-state index contributed by atoms with van der Waals surface area (Å²) >= 11 is 0. The van der Waals surface area contributed by atoms with Crippen LogP contribution in [-0.4, -0.2) is 42.6 Å². The van der Waals surface area contributed by atoms with Gasteiger partial charge in [0, 0.05) is 32.2 Å². The number of halogens is 7. The summed E-state index contributed by atoms with van der Waals surface area (Å²) in [6.45, 7) is 1.20. The van der Waals surface area contributed by atoms with Crippen molar-refractivity contribution in [1.82, 2.24) is 10.2 Å². The minimum Gasteiger partial charge on any atom is -0.507 e. The van der Waals surface area contributed by atoms with Crippen molar-refractivity contribution in [3.05, 3.63) is 29.1 Å². The van der Waals surface area contributed by atoms with Crippen LogP contribution in [0.3, 0.4) is 0 Å². The fraction of sp³-hybridized carbons (Fsp3) is 0.500. The predicted octanol–water partition coefficient (Wildman–Crippen LogP) is 2.86. The Morgan fingerprint density at radius 1 is 1.05 bits per heavy atom. The molecule has 128 valence electrons. The third-order valence-electron chi connectivity index (χ3n) is 3.26. The number of phenols is 1. The van der Waals surface area contributed by atoms with Gasteiger partial charge in [-0.2, -0.15) is 0 Å².